The monoisotopic (exact) mass is 263 g/mol. The van der Waals surface area contributed by atoms with Crippen molar-refractivity contribution >= 4 is 0 Å². The summed E-state index contributed by atoms with van der Waals surface area (Å²) in [4.78, 5) is 0. The van der Waals surface area contributed by atoms with Crippen LogP contribution >= 0.6 is 0 Å². The fourth-order valence-electron chi connectivity index (χ4n) is 2.43. The number of hydrogen-bond acceptors (Lipinski definition) is 3. The van der Waals surface area contributed by atoms with Crippen LogP contribution in [0.5, 0.6) is 0 Å². The van der Waals surface area contributed by atoms with Gasteiger partial charge in [0.15, 0.2) is 0 Å². The maximum absolute atomic E-state index is 5.90. The van der Waals surface area contributed by atoms with Crippen LogP contribution < -0.4 is 5.32 Å². The highest BCUT2D eigenvalue weighted by Crippen LogP contribution is 2.17. The summed E-state index contributed by atoms with van der Waals surface area (Å²) in [6, 6.07) is 9.13. The molecule has 3 nitrogen and oxygen atoms in total. The van der Waals surface area contributed by atoms with Crippen LogP contribution in [-0.4, -0.2) is 33.0 Å². The zero-order valence-corrected chi connectivity index (χ0v) is 12.0. The van der Waals surface area contributed by atoms with E-state index in [4.69, 9.17) is 9.47 Å². The number of likely N-dealkylation sites (N-methyl/N-ethyl adjacent to an activating group) is 1. The maximum atomic E-state index is 5.90. The molecule has 2 rings (SSSR count). The first-order chi connectivity index (χ1) is 9.33. The van der Waals surface area contributed by atoms with E-state index in [1.807, 2.05) is 7.05 Å². The molecule has 1 aromatic carbocycles. The van der Waals surface area contributed by atoms with Gasteiger partial charge in [-0.2, -0.15) is 0 Å². The van der Waals surface area contributed by atoms with Gasteiger partial charge >= 0.3 is 0 Å². The van der Waals surface area contributed by atoms with Crippen LogP contribution in [0.2, 0.25) is 0 Å². The molecular weight excluding hydrogens is 238 g/mol. The normalized spacial score (nSPS) is 20.6. The van der Waals surface area contributed by atoms with Crippen molar-refractivity contribution in [2.24, 2.45) is 0 Å². The molecule has 2 unspecified atom stereocenters. The molecule has 1 heterocycles. The number of benzene rings is 1. The highest BCUT2D eigenvalue weighted by Gasteiger charge is 2.18. The first-order valence-corrected chi connectivity index (χ1v) is 7.29. The van der Waals surface area contributed by atoms with Crippen molar-refractivity contribution in [3.8, 4) is 0 Å². The van der Waals surface area contributed by atoms with Gasteiger partial charge in [-0.05, 0) is 31.0 Å². The largest absolute Gasteiger partial charge is 0.379 e. The van der Waals surface area contributed by atoms with E-state index in [2.05, 4.69) is 36.5 Å². The zero-order valence-electron chi connectivity index (χ0n) is 12.0. The third-order valence-electron chi connectivity index (χ3n) is 3.66. The van der Waals surface area contributed by atoms with E-state index in [1.165, 1.54) is 17.5 Å². The van der Waals surface area contributed by atoms with Gasteiger partial charge in [-0.25, -0.2) is 0 Å². The van der Waals surface area contributed by atoms with Gasteiger partial charge in [0.05, 0.1) is 25.4 Å². The molecule has 0 aliphatic carbocycles. The smallest absolute Gasteiger partial charge is 0.0831 e. The van der Waals surface area contributed by atoms with E-state index in [1.54, 1.807) is 0 Å². The van der Waals surface area contributed by atoms with E-state index >= 15 is 0 Å². The molecule has 1 aliphatic heterocycles. The van der Waals surface area contributed by atoms with Crippen molar-refractivity contribution < 1.29 is 9.47 Å². The second-order valence-corrected chi connectivity index (χ2v) is 5.15. The first-order valence-electron chi connectivity index (χ1n) is 7.29. The lowest BCUT2D eigenvalue weighted by Crippen LogP contribution is -2.25. The Labute approximate surface area is 116 Å². The summed E-state index contributed by atoms with van der Waals surface area (Å²) in [6.45, 7) is 4.49. The summed E-state index contributed by atoms with van der Waals surface area (Å²) in [5, 5.41) is 3.33. The molecule has 1 aliphatic rings. The van der Waals surface area contributed by atoms with Gasteiger partial charge in [0.25, 0.3) is 0 Å². The topological polar surface area (TPSA) is 30.5 Å². The third kappa shape index (κ3) is 4.30. The Bertz CT molecular complexity index is 358. The van der Waals surface area contributed by atoms with Crippen molar-refractivity contribution in [3.05, 3.63) is 35.4 Å². The maximum Gasteiger partial charge on any atom is 0.0831 e. The highest BCUT2D eigenvalue weighted by molar-refractivity contribution is 5.25. The lowest BCUT2D eigenvalue weighted by Gasteiger charge is -2.19. The summed E-state index contributed by atoms with van der Waals surface area (Å²) in [6.07, 6.45) is 3.64. The number of aryl methyl sites for hydroxylation is 1. The molecule has 0 bridgehead atoms. The van der Waals surface area contributed by atoms with Crippen LogP contribution in [0.15, 0.2) is 24.3 Å². The quantitative estimate of drug-likeness (QED) is 0.820. The van der Waals surface area contributed by atoms with Gasteiger partial charge in [0, 0.05) is 6.61 Å². The molecule has 3 heteroatoms. The average molecular weight is 263 g/mol. The van der Waals surface area contributed by atoms with Gasteiger partial charge in [0.1, 0.15) is 0 Å². The van der Waals surface area contributed by atoms with E-state index < -0.39 is 0 Å². The highest BCUT2D eigenvalue weighted by atomic mass is 16.5. The molecule has 1 N–H and O–H groups in total. The van der Waals surface area contributed by atoms with Crippen molar-refractivity contribution in [2.45, 2.75) is 38.3 Å². The SMILES string of the molecule is CCCc1ccc(C(COC2CCOC2)NC)cc1. The summed E-state index contributed by atoms with van der Waals surface area (Å²) in [5.41, 5.74) is 2.70. The fourth-order valence-corrected chi connectivity index (χ4v) is 2.43. The standard InChI is InChI=1S/C16H25NO2/c1-3-4-13-5-7-14(8-6-13)16(17-2)12-19-15-9-10-18-11-15/h5-8,15-17H,3-4,9-12H2,1-2H3. The molecule has 1 saturated heterocycles. The molecule has 0 amide bonds. The molecule has 0 aromatic heterocycles. The molecule has 2 atom stereocenters. The summed E-state index contributed by atoms with van der Waals surface area (Å²) >= 11 is 0. The Morgan fingerprint density at radius 2 is 2.16 bits per heavy atom. The van der Waals surface area contributed by atoms with E-state index in [9.17, 15) is 0 Å². The summed E-state index contributed by atoms with van der Waals surface area (Å²) in [7, 11) is 1.99. The van der Waals surface area contributed by atoms with Crippen LogP contribution in [-0.2, 0) is 15.9 Å². The molecular formula is C16H25NO2. The van der Waals surface area contributed by atoms with Crippen molar-refractivity contribution in [1.29, 1.82) is 0 Å². The van der Waals surface area contributed by atoms with Crippen LogP contribution in [0.3, 0.4) is 0 Å². The average Bonchev–Trinajstić information content (AvgIpc) is 2.95. The van der Waals surface area contributed by atoms with Gasteiger partial charge in [-0.15, -0.1) is 0 Å². The Hall–Kier alpha value is -0.900. The van der Waals surface area contributed by atoms with Crippen LogP contribution in [0, 0.1) is 0 Å². The predicted molar refractivity (Wildman–Crippen MR) is 77.4 cm³/mol. The summed E-state index contributed by atoms with van der Waals surface area (Å²) < 4.78 is 11.2. The molecule has 0 spiro atoms. The third-order valence-corrected chi connectivity index (χ3v) is 3.66. The minimum atomic E-state index is 0.260. The number of rotatable bonds is 7. The predicted octanol–water partition coefficient (Wildman–Crippen LogP) is 2.71. The molecule has 1 aromatic rings. The Morgan fingerprint density at radius 3 is 2.74 bits per heavy atom. The van der Waals surface area contributed by atoms with E-state index in [0.717, 1.165) is 26.1 Å². The van der Waals surface area contributed by atoms with E-state index in [-0.39, 0.29) is 12.1 Å². The Balaban J connectivity index is 1.88. The minimum absolute atomic E-state index is 0.260. The van der Waals surface area contributed by atoms with Crippen LogP contribution in [0.1, 0.15) is 36.9 Å². The Morgan fingerprint density at radius 1 is 1.37 bits per heavy atom. The second-order valence-electron chi connectivity index (χ2n) is 5.15. The van der Waals surface area contributed by atoms with Crippen LogP contribution in [0.4, 0.5) is 0 Å². The first kappa shape index (κ1) is 14.5. The number of nitrogens with one attached hydrogen (secondary N) is 1. The lowest BCUT2D eigenvalue weighted by molar-refractivity contribution is 0.0308. The van der Waals surface area contributed by atoms with Gasteiger partial charge < -0.3 is 14.8 Å². The molecule has 106 valence electrons. The molecule has 0 radical (unpaired) electrons. The lowest BCUT2D eigenvalue weighted by atomic mass is 10.0. The van der Waals surface area contributed by atoms with Gasteiger partial charge in [-0.1, -0.05) is 37.6 Å². The van der Waals surface area contributed by atoms with Crippen molar-refractivity contribution in [2.75, 3.05) is 26.9 Å². The molecule has 19 heavy (non-hydrogen) atoms. The minimum Gasteiger partial charge on any atom is -0.379 e. The number of ether oxygens (including phenoxy) is 2. The number of hydrogen-bond donors (Lipinski definition) is 1. The second kappa shape index (κ2) is 7.63. The van der Waals surface area contributed by atoms with Crippen molar-refractivity contribution in [3.63, 3.8) is 0 Å². The van der Waals surface area contributed by atoms with Crippen LogP contribution in [0.25, 0.3) is 0 Å². The Kier molecular flexibility index (Phi) is 5.83. The fraction of sp³-hybridized carbons (Fsp3) is 0.625. The summed E-state index contributed by atoms with van der Waals surface area (Å²) in [5.74, 6) is 0. The van der Waals surface area contributed by atoms with Crippen molar-refractivity contribution in [1.82, 2.24) is 5.32 Å². The zero-order chi connectivity index (χ0) is 13.5. The molecule has 0 saturated carbocycles. The van der Waals surface area contributed by atoms with Gasteiger partial charge in [0.2, 0.25) is 0 Å². The van der Waals surface area contributed by atoms with E-state index in [0.29, 0.717) is 6.61 Å². The van der Waals surface area contributed by atoms with Gasteiger partial charge in [-0.3, -0.25) is 0 Å². The molecule has 1 fully saturated rings.